The Morgan fingerprint density at radius 3 is 2.45 bits per heavy atom. The van der Waals surface area contributed by atoms with Gasteiger partial charge in [-0.1, -0.05) is 13.8 Å². The summed E-state index contributed by atoms with van der Waals surface area (Å²) in [4.78, 5) is 25.7. The van der Waals surface area contributed by atoms with E-state index in [-0.39, 0.29) is 11.5 Å². The molecule has 2 rings (SSSR count). The summed E-state index contributed by atoms with van der Waals surface area (Å²) >= 11 is 0. The van der Waals surface area contributed by atoms with Crippen molar-refractivity contribution in [1.29, 1.82) is 0 Å². The summed E-state index contributed by atoms with van der Waals surface area (Å²) in [5.74, 6) is -0.964. The number of nitrogens with one attached hydrogen (secondary N) is 1. The van der Waals surface area contributed by atoms with Gasteiger partial charge in [0.15, 0.2) is 0 Å². The lowest BCUT2D eigenvalue weighted by atomic mass is 9.95. The summed E-state index contributed by atoms with van der Waals surface area (Å²) in [5, 5.41) is 10.0. The maximum Gasteiger partial charge on any atom is 0.338 e. The van der Waals surface area contributed by atoms with Crippen LogP contribution in [0, 0.1) is 6.92 Å². The van der Waals surface area contributed by atoms with Crippen LogP contribution in [0.5, 0.6) is 5.75 Å². The van der Waals surface area contributed by atoms with Crippen LogP contribution in [0.25, 0.3) is 10.9 Å². The van der Waals surface area contributed by atoms with Crippen LogP contribution < -0.4 is 4.74 Å². The van der Waals surface area contributed by atoms with Crippen LogP contribution in [-0.2, 0) is 4.79 Å². The Morgan fingerprint density at radius 1 is 1.30 bits per heavy atom. The predicted molar refractivity (Wildman–Crippen MR) is 75.4 cm³/mol. The number of aromatic amines is 1. The molecule has 0 unspecified atom stereocenters. The van der Waals surface area contributed by atoms with Crippen molar-refractivity contribution in [3.8, 4) is 5.75 Å². The van der Waals surface area contributed by atoms with Gasteiger partial charge in [0.1, 0.15) is 5.75 Å². The van der Waals surface area contributed by atoms with Crippen LogP contribution in [0.4, 0.5) is 0 Å². The number of rotatable bonds is 3. The Morgan fingerprint density at radius 2 is 1.95 bits per heavy atom. The minimum absolute atomic E-state index is 0.0290. The molecule has 0 amide bonds. The van der Waals surface area contributed by atoms with E-state index in [1.54, 1.807) is 19.1 Å². The first-order chi connectivity index (χ1) is 9.32. The molecule has 2 N–H and O–H groups in total. The number of aromatic nitrogens is 1. The number of H-pyrrole nitrogens is 1. The zero-order chi connectivity index (χ0) is 15.0. The summed E-state index contributed by atoms with van der Waals surface area (Å²) in [6.07, 6.45) is 0. The van der Waals surface area contributed by atoms with Crippen LogP contribution in [0.2, 0.25) is 0 Å². The number of esters is 1. The fourth-order valence-corrected chi connectivity index (χ4v) is 2.51. The molecule has 1 heterocycles. The maximum absolute atomic E-state index is 11.5. The fourth-order valence-electron chi connectivity index (χ4n) is 2.51. The maximum atomic E-state index is 11.5. The zero-order valence-corrected chi connectivity index (χ0v) is 11.9. The SMILES string of the molecule is CC(=O)Oc1ccc2[nH]c(C)c(C(=O)O)c2c1C(C)C. The number of ether oxygens (including phenoxy) is 1. The fraction of sp³-hybridized carbons (Fsp3) is 0.333. The van der Waals surface area contributed by atoms with Gasteiger partial charge in [0, 0.05) is 29.1 Å². The minimum Gasteiger partial charge on any atom is -0.478 e. The highest BCUT2D eigenvalue weighted by atomic mass is 16.5. The average molecular weight is 275 g/mol. The second-order valence-corrected chi connectivity index (χ2v) is 5.08. The zero-order valence-electron chi connectivity index (χ0n) is 11.9. The van der Waals surface area contributed by atoms with Crippen molar-refractivity contribution in [2.24, 2.45) is 0 Å². The van der Waals surface area contributed by atoms with E-state index in [0.717, 1.165) is 11.1 Å². The van der Waals surface area contributed by atoms with Gasteiger partial charge in [-0.25, -0.2) is 4.79 Å². The van der Waals surface area contributed by atoms with Crippen molar-refractivity contribution in [3.05, 3.63) is 29.0 Å². The van der Waals surface area contributed by atoms with E-state index in [9.17, 15) is 14.7 Å². The van der Waals surface area contributed by atoms with Gasteiger partial charge in [-0.15, -0.1) is 0 Å². The molecular weight excluding hydrogens is 258 g/mol. The number of carboxylic acid groups (broad SMARTS) is 1. The first-order valence-electron chi connectivity index (χ1n) is 6.39. The highest BCUT2D eigenvalue weighted by molar-refractivity contribution is 6.07. The van der Waals surface area contributed by atoms with Gasteiger partial charge < -0.3 is 14.8 Å². The topological polar surface area (TPSA) is 79.4 Å². The van der Waals surface area contributed by atoms with E-state index >= 15 is 0 Å². The van der Waals surface area contributed by atoms with Gasteiger partial charge >= 0.3 is 11.9 Å². The summed E-state index contributed by atoms with van der Waals surface area (Å²) in [6, 6.07) is 3.43. The Balaban J connectivity index is 2.85. The third-order valence-corrected chi connectivity index (χ3v) is 3.20. The lowest BCUT2D eigenvalue weighted by molar-refractivity contribution is -0.131. The average Bonchev–Trinajstić information content (AvgIpc) is 2.63. The molecule has 0 radical (unpaired) electrons. The Kier molecular flexibility index (Phi) is 3.53. The third kappa shape index (κ3) is 2.27. The van der Waals surface area contributed by atoms with Gasteiger partial charge in [-0.05, 0) is 25.0 Å². The first-order valence-corrected chi connectivity index (χ1v) is 6.39. The molecule has 2 aromatic rings. The van der Waals surface area contributed by atoms with Gasteiger partial charge in [-0.3, -0.25) is 4.79 Å². The molecule has 0 aliphatic heterocycles. The minimum atomic E-state index is -0.990. The normalized spacial score (nSPS) is 11.1. The van der Waals surface area contributed by atoms with Gasteiger partial charge in [0.25, 0.3) is 0 Å². The van der Waals surface area contributed by atoms with Crippen LogP contribution >= 0.6 is 0 Å². The van der Waals surface area contributed by atoms with E-state index < -0.39 is 11.9 Å². The Bertz CT molecular complexity index is 697. The van der Waals surface area contributed by atoms with Crippen molar-refractivity contribution in [2.45, 2.75) is 33.6 Å². The van der Waals surface area contributed by atoms with Crippen LogP contribution in [0.1, 0.15) is 48.3 Å². The van der Waals surface area contributed by atoms with Crippen molar-refractivity contribution in [1.82, 2.24) is 4.98 Å². The standard InChI is InChI=1S/C15H17NO4/c1-7(2)12-11(20-9(4)17)6-5-10-14(12)13(15(18)19)8(3)16-10/h5-7,16H,1-4H3,(H,18,19). The summed E-state index contributed by atoms with van der Waals surface area (Å²) in [5.41, 5.74) is 2.30. The Hall–Kier alpha value is -2.30. The number of carbonyl (C=O) groups excluding carboxylic acids is 1. The number of fused-ring (bicyclic) bond motifs is 1. The van der Waals surface area contributed by atoms with Gasteiger partial charge in [0.2, 0.25) is 0 Å². The molecular formula is C15H17NO4. The molecule has 0 saturated heterocycles. The molecule has 1 aromatic heterocycles. The van der Waals surface area contributed by atoms with E-state index in [2.05, 4.69) is 4.98 Å². The van der Waals surface area contributed by atoms with Crippen molar-refractivity contribution in [3.63, 3.8) is 0 Å². The smallest absolute Gasteiger partial charge is 0.338 e. The number of aromatic carboxylic acids is 1. The van der Waals surface area contributed by atoms with Crippen LogP contribution in [0.15, 0.2) is 12.1 Å². The number of hydrogen-bond donors (Lipinski definition) is 2. The number of carbonyl (C=O) groups is 2. The predicted octanol–water partition coefficient (Wildman–Crippen LogP) is 3.22. The number of carboxylic acids is 1. The van der Waals surface area contributed by atoms with E-state index in [4.69, 9.17) is 4.74 Å². The quantitative estimate of drug-likeness (QED) is 0.665. The van der Waals surface area contributed by atoms with E-state index in [1.165, 1.54) is 6.92 Å². The molecule has 20 heavy (non-hydrogen) atoms. The molecule has 0 aliphatic rings. The molecule has 106 valence electrons. The van der Waals surface area contributed by atoms with Crippen LogP contribution in [-0.4, -0.2) is 22.0 Å². The largest absolute Gasteiger partial charge is 0.478 e. The third-order valence-electron chi connectivity index (χ3n) is 3.20. The molecule has 0 aliphatic carbocycles. The lowest BCUT2D eigenvalue weighted by Gasteiger charge is -2.14. The van der Waals surface area contributed by atoms with Crippen molar-refractivity contribution < 1.29 is 19.4 Å². The molecule has 5 heteroatoms. The molecule has 0 bridgehead atoms. The highest BCUT2D eigenvalue weighted by Crippen LogP contribution is 2.37. The Labute approximate surface area is 116 Å². The second kappa shape index (κ2) is 5.00. The molecule has 1 aromatic carbocycles. The molecule has 0 spiro atoms. The number of hydrogen-bond acceptors (Lipinski definition) is 3. The molecule has 0 fully saturated rings. The molecule has 0 saturated carbocycles. The van der Waals surface area contributed by atoms with E-state index in [0.29, 0.717) is 16.8 Å². The molecule has 5 nitrogen and oxygen atoms in total. The summed E-state index contributed by atoms with van der Waals surface area (Å²) < 4.78 is 5.21. The first kappa shape index (κ1) is 14.1. The van der Waals surface area contributed by atoms with Crippen molar-refractivity contribution >= 4 is 22.8 Å². The van der Waals surface area contributed by atoms with Gasteiger partial charge in [0.05, 0.1) is 5.56 Å². The summed E-state index contributed by atoms with van der Waals surface area (Å²) in [6.45, 7) is 6.93. The van der Waals surface area contributed by atoms with Crippen LogP contribution in [0.3, 0.4) is 0 Å². The summed E-state index contributed by atoms with van der Waals surface area (Å²) in [7, 11) is 0. The molecule has 0 atom stereocenters. The monoisotopic (exact) mass is 275 g/mol. The highest BCUT2D eigenvalue weighted by Gasteiger charge is 2.22. The number of aryl methyl sites for hydroxylation is 1. The van der Waals surface area contributed by atoms with E-state index in [1.807, 2.05) is 13.8 Å². The lowest BCUT2D eigenvalue weighted by Crippen LogP contribution is -2.06. The second-order valence-electron chi connectivity index (χ2n) is 5.08. The van der Waals surface area contributed by atoms with Crippen molar-refractivity contribution in [2.75, 3.05) is 0 Å². The number of benzene rings is 1. The van der Waals surface area contributed by atoms with Gasteiger partial charge in [-0.2, -0.15) is 0 Å².